The molecule has 2 aromatic carbocycles. The first-order chi connectivity index (χ1) is 9.83. The summed E-state index contributed by atoms with van der Waals surface area (Å²) in [5, 5.41) is 0.792. The maximum atomic E-state index is 12.5. The van der Waals surface area contributed by atoms with Crippen molar-refractivity contribution in [2.75, 3.05) is 11.8 Å². The van der Waals surface area contributed by atoms with Gasteiger partial charge in [0.1, 0.15) is 4.90 Å². The molecule has 2 rings (SSSR count). The van der Waals surface area contributed by atoms with Gasteiger partial charge in [0, 0.05) is 15.7 Å². The number of nitrogens with one attached hydrogen (secondary N) is 1. The fourth-order valence-electron chi connectivity index (χ4n) is 1.66. The van der Waals surface area contributed by atoms with Crippen molar-refractivity contribution in [2.24, 2.45) is 0 Å². The molecule has 0 aliphatic rings. The first-order valence-electron chi connectivity index (χ1n) is 5.65. The van der Waals surface area contributed by atoms with Crippen LogP contribution in [0.2, 0.25) is 10.0 Å². The summed E-state index contributed by atoms with van der Waals surface area (Å²) in [5.41, 5.74) is 0.387. The molecule has 2 aromatic rings. The maximum Gasteiger partial charge on any atom is 0.265 e. The van der Waals surface area contributed by atoms with Gasteiger partial charge in [-0.25, -0.2) is 8.42 Å². The van der Waals surface area contributed by atoms with Gasteiger partial charge in [-0.3, -0.25) is 4.72 Å². The molecule has 0 atom stereocenters. The molecule has 0 fully saturated rings. The second-order valence-electron chi connectivity index (χ2n) is 4.03. The zero-order valence-electron chi connectivity index (χ0n) is 10.7. The zero-order chi connectivity index (χ0) is 15.6. The van der Waals surface area contributed by atoms with E-state index in [0.29, 0.717) is 15.2 Å². The molecular weight excluding hydrogens is 401 g/mol. The number of hydrogen-bond donors (Lipinski definition) is 1. The molecule has 0 aromatic heterocycles. The summed E-state index contributed by atoms with van der Waals surface area (Å²) >= 11 is 14.9. The largest absolute Gasteiger partial charge is 0.494 e. The monoisotopic (exact) mass is 409 g/mol. The molecule has 0 aliphatic carbocycles. The third-order valence-corrected chi connectivity index (χ3v) is 5.01. The predicted octanol–water partition coefficient (Wildman–Crippen LogP) is 4.57. The summed E-state index contributed by atoms with van der Waals surface area (Å²) in [4.78, 5) is -0.0562. The van der Waals surface area contributed by atoms with Crippen molar-refractivity contribution in [3.63, 3.8) is 0 Å². The molecule has 1 N–H and O–H groups in total. The molecule has 112 valence electrons. The second-order valence-corrected chi connectivity index (χ2v) is 7.41. The van der Waals surface area contributed by atoms with Crippen molar-refractivity contribution in [1.29, 1.82) is 0 Å². The van der Waals surface area contributed by atoms with Crippen molar-refractivity contribution < 1.29 is 13.2 Å². The molecule has 0 radical (unpaired) electrons. The first-order valence-corrected chi connectivity index (χ1v) is 8.68. The highest BCUT2D eigenvalue weighted by molar-refractivity contribution is 9.10. The van der Waals surface area contributed by atoms with E-state index in [-0.39, 0.29) is 15.7 Å². The van der Waals surface area contributed by atoms with E-state index in [1.165, 1.54) is 13.2 Å². The van der Waals surface area contributed by atoms with E-state index >= 15 is 0 Å². The van der Waals surface area contributed by atoms with E-state index in [0.717, 1.165) is 0 Å². The van der Waals surface area contributed by atoms with E-state index in [9.17, 15) is 8.42 Å². The Hall–Kier alpha value is -0.950. The van der Waals surface area contributed by atoms with E-state index in [1.807, 2.05) is 0 Å². The van der Waals surface area contributed by atoms with Crippen molar-refractivity contribution >= 4 is 54.8 Å². The fraction of sp³-hybridized carbons (Fsp3) is 0.0769. The van der Waals surface area contributed by atoms with Crippen LogP contribution in [0.3, 0.4) is 0 Å². The van der Waals surface area contributed by atoms with Gasteiger partial charge in [0.2, 0.25) is 0 Å². The van der Waals surface area contributed by atoms with Gasteiger partial charge < -0.3 is 4.74 Å². The molecule has 21 heavy (non-hydrogen) atoms. The molecule has 0 aliphatic heterocycles. The van der Waals surface area contributed by atoms with E-state index in [1.54, 1.807) is 30.3 Å². The number of hydrogen-bond acceptors (Lipinski definition) is 3. The van der Waals surface area contributed by atoms with Crippen LogP contribution in [0.4, 0.5) is 5.69 Å². The Morgan fingerprint density at radius 3 is 2.29 bits per heavy atom. The van der Waals surface area contributed by atoms with Crippen LogP contribution in [0, 0.1) is 0 Å². The molecule has 0 saturated heterocycles. The smallest absolute Gasteiger partial charge is 0.265 e. The molecule has 0 amide bonds. The van der Waals surface area contributed by atoms with Crippen molar-refractivity contribution in [2.45, 2.75) is 4.90 Å². The Bertz CT molecular complexity index is 764. The number of anilines is 1. The Balaban J connectivity index is 2.46. The van der Waals surface area contributed by atoms with Crippen LogP contribution in [0.1, 0.15) is 0 Å². The number of methoxy groups -OCH3 is 1. The number of sulfonamides is 1. The first kappa shape index (κ1) is 16.4. The van der Waals surface area contributed by atoms with Gasteiger partial charge in [-0.1, -0.05) is 23.2 Å². The summed E-state index contributed by atoms with van der Waals surface area (Å²) in [7, 11) is -2.46. The number of rotatable bonds is 4. The Morgan fingerprint density at radius 2 is 1.71 bits per heavy atom. The highest BCUT2D eigenvalue weighted by Gasteiger charge is 2.22. The fourth-order valence-corrected chi connectivity index (χ4v) is 4.23. The topological polar surface area (TPSA) is 55.4 Å². The van der Waals surface area contributed by atoms with Crippen LogP contribution in [-0.2, 0) is 10.0 Å². The molecule has 0 unspecified atom stereocenters. The lowest BCUT2D eigenvalue weighted by atomic mass is 10.3. The number of halogens is 3. The Labute approximate surface area is 141 Å². The average Bonchev–Trinajstić information content (AvgIpc) is 2.40. The van der Waals surface area contributed by atoms with Crippen LogP contribution in [0.15, 0.2) is 45.8 Å². The predicted molar refractivity (Wildman–Crippen MR) is 88.0 cm³/mol. The normalized spacial score (nSPS) is 11.2. The van der Waals surface area contributed by atoms with E-state index in [2.05, 4.69) is 20.7 Å². The van der Waals surface area contributed by atoms with Gasteiger partial charge >= 0.3 is 0 Å². The average molecular weight is 411 g/mol. The lowest BCUT2D eigenvalue weighted by Gasteiger charge is -2.13. The van der Waals surface area contributed by atoms with Crippen LogP contribution in [-0.4, -0.2) is 15.5 Å². The lowest BCUT2D eigenvalue weighted by molar-refractivity contribution is 0.400. The third kappa shape index (κ3) is 3.83. The minimum absolute atomic E-state index is 0.0562. The number of benzene rings is 2. The van der Waals surface area contributed by atoms with Gasteiger partial charge in [-0.15, -0.1) is 0 Å². The molecule has 0 bridgehead atoms. The summed E-state index contributed by atoms with van der Waals surface area (Å²) in [6.45, 7) is 0. The Morgan fingerprint density at radius 1 is 1.10 bits per heavy atom. The van der Waals surface area contributed by atoms with Gasteiger partial charge in [0.15, 0.2) is 5.75 Å². The van der Waals surface area contributed by atoms with Crippen LogP contribution in [0.25, 0.3) is 0 Å². The van der Waals surface area contributed by atoms with Crippen molar-refractivity contribution in [3.8, 4) is 5.75 Å². The second kappa shape index (κ2) is 6.44. The minimum atomic E-state index is -3.85. The quantitative estimate of drug-likeness (QED) is 0.803. The molecular formula is C13H10BrCl2NO3S. The highest BCUT2D eigenvalue weighted by atomic mass is 79.9. The maximum absolute atomic E-state index is 12.5. The molecule has 0 heterocycles. The zero-order valence-corrected chi connectivity index (χ0v) is 14.6. The van der Waals surface area contributed by atoms with E-state index < -0.39 is 10.0 Å². The summed E-state index contributed by atoms with van der Waals surface area (Å²) in [5.74, 6) is 0.181. The van der Waals surface area contributed by atoms with Crippen LogP contribution < -0.4 is 9.46 Å². The van der Waals surface area contributed by atoms with Gasteiger partial charge in [0.05, 0.1) is 11.6 Å². The van der Waals surface area contributed by atoms with E-state index in [4.69, 9.17) is 27.9 Å². The molecule has 4 nitrogen and oxygen atoms in total. The van der Waals surface area contributed by atoms with Gasteiger partial charge in [0.25, 0.3) is 10.0 Å². The minimum Gasteiger partial charge on any atom is -0.494 e. The summed E-state index contributed by atoms with van der Waals surface area (Å²) in [6.07, 6.45) is 0. The van der Waals surface area contributed by atoms with Crippen LogP contribution >= 0.6 is 39.1 Å². The summed E-state index contributed by atoms with van der Waals surface area (Å²) < 4.78 is 33.0. The Kier molecular flexibility index (Phi) is 5.03. The highest BCUT2D eigenvalue weighted by Crippen LogP contribution is 2.36. The van der Waals surface area contributed by atoms with Crippen molar-refractivity contribution in [3.05, 3.63) is 50.9 Å². The molecule has 8 heteroatoms. The van der Waals surface area contributed by atoms with Gasteiger partial charge in [-0.2, -0.15) is 0 Å². The third-order valence-electron chi connectivity index (χ3n) is 2.56. The lowest BCUT2D eigenvalue weighted by Crippen LogP contribution is -2.14. The summed E-state index contributed by atoms with van der Waals surface area (Å²) in [6, 6.07) is 9.18. The molecule has 0 saturated carbocycles. The van der Waals surface area contributed by atoms with Crippen LogP contribution in [0.5, 0.6) is 5.75 Å². The van der Waals surface area contributed by atoms with Crippen molar-refractivity contribution in [1.82, 2.24) is 0 Å². The number of ether oxygens (including phenoxy) is 1. The molecule has 0 spiro atoms. The van der Waals surface area contributed by atoms with Gasteiger partial charge in [-0.05, 0) is 52.3 Å². The SMILES string of the molecule is COc1c(Br)cc(Cl)cc1S(=O)(=O)Nc1ccc(Cl)cc1. The standard InChI is InChI=1S/C13H10BrCl2NO3S/c1-20-13-11(14)6-9(16)7-12(13)21(18,19)17-10-4-2-8(15)3-5-10/h2-7,17H,1H3.